The van der Waals surface area contributed by atoms with Gasteiger partial charge >= 0.3 is 0 Å². The summed E-state index contributed by atoms with van der Waals surface area (Å²) in [5.41, 5.74) is 0.750. The van der Waals surface area contributed by atoms with Crippen LogP contribution in [0.3, 0.4) is 0 Å². The molecule has 1 aromatic heterocycles. The van der Waals surface area contributed by atoms with Gasteiger partial charge in [-0.3, -0.25) is 10.1 Å². The van der Waals surface area contributed by atoms with Crippen LogP contribution in [0.5, 0.6) is 5.75 Å². The number of amides is 1. The van der Waals surface area contributed by atoms with E-state index in [4.69, 9.17) is 4.74 Å². The van der Waals surface area contributed by atoms with Crippen molar-refractivity contribution >= 4 is 28.5 Å². The molecule has 0 aliphatic heterocycles. The Hall–Kier alpha value is -2.72. The molecule has 2 aromatic rings. The van der Waals surface area contributed by atoms with Gasteiger partial charge in [-0.1, -0.05) is 30.4 Å². The quantitative estimate of drug-likeness (QED) is 0.615. The lowest BCUT2D eigenvalue weighted by atomic mass is 10.1. The second-order valence-corrected chi connectivity index (χ2v) is 5.94. The predicted molar refractivity (Wildman–Crippen MR) is 93.7 cm³/mol. The lowest BCUT2D eigenvalue weighted by molar-refractivity contribution is -0.112. The van der Waals surface area contributed by atoms with Crippen molar-refractivity contribution in [3.05, 3.63) is 40.4 Å². The third kappa shape index (κ3) is 4.89. The average molecular weight is 342 g/mol. The van der Waals surface area contributed by atoms with Crippen LogP contribution in [0.4, 0.5) is 5.13 Å². The van der Waals surface area contributed by atoms with Crippen LogP contribution in [0.25, 0.3) is 6.08 Å². The standard InChI is InChI=1S/C17H18N4O2S/c1-3-5-15-20-21-17(24-15)19-16(22)13(11-18)10-12-6-8-14(9-7-12)23-4-2/h6-10H,3-5H2,1-2H3,(H,19,21,22)/b13-10+. The van der Waals surface area contributed by atoms with Crippen LogP contribution in [-0.2, 0) is 11.2 Å². The zero-order valence-corrected chi connectivity index (χ0v) is 14.4. The average Bonchev–Trinajstić information content (AvgIpc) is 3.01. The van der Waals surface area contributed by atoms with Gasteiger partial charge in [0, 0.05) is 6.42 Å². The van der Waals surface area contributed by atoms with E-state index >= 15 is 0 Å². The third-order valence-corrected chi connectivity index (χ3v) is 3.92. The number of carbonyl (C=O) groups excluding carboxylic acids is 1. The van der Waals surface area contributed by atoms with E-state index in [1.54, 1.807) is 24.3 Å². The highest BCUT2D eigenvalue weighted by Crippen LogP contribution is 2.18. The second-order valence-electron chi connectivity index (χ2n) is 4.88. The molecule has 2 rings (SSSR count). The molecule has 0 unspecified atom stereocenters. The molecule has 0 bridgehead atoms. The molecule has 1 amide bonds. The molecular weight excluding hydrogens is 324 g/mol. The molecular formula is C17H18N4O2S. The SMILES string of the molecule is CCCc1nnc(NC(=O)/C(C#N)=C/c2ccc(OCC)cc2)s1. The Morgan fingerprint density at radius 2 is 2.08 bits per heavy atom. The minimum absolute atomic E-state index is 0.00593. The lowest BCUT2D eigenvalue weighted by Gasteiger charge is -2.03. The Morgan fingerprint density at radius 1 is 1.33 bits per heavy atom. The lowest BCUT2D eigenvalue weighted by Crippen LogP contribution is -2.13. The Kier molecular flexibility index (Phi) is 6.46. The first-order valence-electron chi connectivity index (χ1n) is 7.64. The van der Waals surface area contributed by atoms with E-state index in [-0.39, 0.29) is 5.57 Å². The van der Waals surface area contributed by atoms with E-state index in [2.05, 4.69) is 15.5 Å². The summed E-state index contributed by atoms with van der Waals surface area (Å²) in [7, 11) is 0. The molecule has 1 N–H and O–H groups in total. The number of aromatic nitrogens is 2. The van der Waals surface area contributed by atoms with Crippen LogP contribution in [0, 0.1) is 11.3 Å². The first-order chi connectivity index (χ1) is 11.7. The van der Waals surface area contributed by atoms with Gasteiger partial charge in [-0.15, -0.1) is 10.2 Å². The van der Waals surface area contributed by atoms with Crippen LogP contribution < -0.4 is 10.1 Å². The summed E-state index contributed by atoms with van der Waals surface area (Å²) in [6.07, 6.45) is 3.31. The van der Waals surface area contributed by atoms with E-state index in [1.807, 2.05) is 19.9 Å². The Morgan fingerprint density at radius 3 is 2.71 bits per heavy atom. The molecule has 7 heteroatoms. The monoisotopic (exact) mass is 342 g/mol. The topological polar surface area (TPSA) is 87.9 Å². The van der Waals surface area contributed by atoms with Gasteiger partial charge in [-0.2, -0.15) is 5.26 Å². The fourth-order valence-corrected chi connectivity index (χ4v) is 2.76. The number of ether oxygens (including phenoxy) is 1. The molecule has 6 nitrogen and oxygen atoms in total. The Balaban J connectivity index is 2.08. The maximum Gasteiger partial charge on any atom is 0.268 e. The Bertz CT molecular complexity index is 760. The van der Waals surface area contributed by atoms with Crippen LogP contribution >= 0.6 is 11.3 Å². The fraction of sp³-hybridized carbons (Fsp3) is 0.294. The van der Waals surface area contributed by atoms with Crippen molar-refractivity contribution in [1.29, 1.82) is 5.26 Å². The summed E-state index contributed by atoms with van der Waals surface area (Å²) in [5, 5.41) is 21.0. The minimum Gasteiger partial charge on any atom is -0.494 e. The highest BCUT2D eigenvalue weighted by molar-refractivity contribution is 7.15. The number of nitrogens with zero attached hydrogens (tertiary/aromatic N) is 3. The van der Waals surface area contributed by atoms with Crippen molar-refractivity contribution in [1.82, 2.24) is 10.2 Å². The second kappa shape index (κ2) is 8.79. The zero-order chi connectivity index (χ0) is 17.4. The first kappa shape index (κ1) is 17.6. The summed E-state index contributed by atoms with van der Waals surface area (Å²) in [5.74, 6) is 0.250. The first-order valence-corrected chi connectivity index (χ1v) is 8.46. The molecule has 0 saturated carbocycles. The summed E-state index contributed by atoms with van der Waals surface area (Å²) >= 11 is 1.32. The number of hydrogen-bond acceptors (Lipinski definition) is 6. The van der Waals surface area contributed by atoms with Crippen LogP contribution in [0.1, 0.15) is 30.8 Å². The van der Waals surface area contributed by atoms with E-state index in [0.29, 0.717) is 11.7 Å². The number of rotatable bonds is 7. The van der Waals surface area contributed by atoms with Crippen molar-refractivity contribution in [2.75, 3.05) is 11.9 Å². The van der Waals surface area contributed by atoms with Gasteiger partial charge in [0.05, 0.1) is 6.61 Å². The molecule has 1 aromatic carbocycles. The molecule has 124 valence electrons. The highest BCUT2D eigenvalue weighted by Gasteiger charge is 2.12. The smallest absolute Gasteiger partial charge is 0.268 e. The predicted octanol–water partition coefficient (Wildman–Crippen LogP) is 3.43. The van der Waals surface area contributed by atoms with Crippen LogP contribution in [-0.4, -0.2) is 22.7 Å². The Labute approximate surface area is 144 Å². The largest absolute Gasteiger partial charge is 0.494 e. The van der Waals surface area contributed by atoms with Gasteiger partial charge in [-0.25, -0.2) is 0 Å². The summed E-state index contributed by atoms with van der Waals surface area (Å²) in [6.45, 7) is 4.54. The van der Waals surface area contributed by atoms with Crippen LogP contribution in [0.2, 0.25) is 0 Å². The van der Waals surface area contributed by atoms with E-state index in [9.17, 15) is 10.1 Å². The number of nitrogens with one attached hydrogen (secondary N) is 1. The number of aryl methyl sites for hydroxylation is 1. The van der Waals surface area contributed by atoms with E-state index in [1.165, 1.54) is 17.4 Å². The van der Waals surface area contributed by atoms with Crippen LogP contribution in [0.15, 0.2) is 29.8 Å². The van der Waals surface area contributed by atoms with E-state index < -0.39 is 5.91 Å². The summed E-state index contributed by atoms with van der Waals surface area (Å²) < 4.78 is 5.36. The summed E-state index contributed by atoms with van der Waals surface area (Å²) in [4.78, 5) is 12.2. The summed E-state index contributed by atoms with van der Waals surface area (Å²) in [6, 6.07) is 9.09. The van der Waals surface area contributed by atoms with Gasteiger partial charge in [0.15, 0.2) is 0 Å². The normalized spacial score (nSPS) is 11.0. The van der Waals surface area contributed by atoms with Crippen molar-refractivity contribution in [2.45, 2.75) is 26.7 Å². The molecule has 0 saturated heterocycles. The van der Waals surface area contributed by atoms with Gasteiger partial charge in [0.25, 0.3) is 5.91 Å². The molecule has 0 radical (unpaired) electrons. The maximum absolute atomic E-state index is 12.2. The molecule has 0 atom stereocenters. The molecule has 24 heavy (non-hydrogen) atoms. The number of hydrogen-bond donors (Lipinski definition) is 1. The van der Waals surface area contributed by atoms with Gasteiger partial charge in [-0.05, 0) is 37.1 Å². The molecule has 0 fully saturated rings. The molecule has 0 aliphatic rings. The number of nitriles is 1. The minimum atomic E-state index is -0.495. The van der Waals surface area contributed by atoms with Gasteiger partial charge in [0.2, 0.25) is 5.13 Å². The van der Waals surface area contributed by atoms with E-state index in [0.717, 1.165) is 29.2 Å². The maximum atomic E-state index is 12.2. The third-order valence-electron chi connectivity index (χ3n) is 3.02. The fourth-order valence-electron chi connectivity index (χ4n) is 1.93. The van der Waals surface area contributed by atoms with Crippen molar-refractivity contribution < 1.29 is 9.53 Å². The van der Waals surface area contributed by atoms with Crippen molar-refractivity contribution in [3.8, 4) is 11.8 Å². The van der Waals surface area contributed by atoms with Gasteiger partial charge in [0.1, 0.15) is 22.4 Å². The molecule has 0 spiro atoms. The van der Waals surface area contributed by atoms with Crippen molar-refractivity contribution in [3.63, 3.8) is 0 Å². The number of anilines is 1. The molecule has 0 aliphatic carbocycles. The molecule has 1 heterocycles. The van der Waals surface area contributed by atoms with Crippen molar-refractivity contribution in [2.24, 2.45) is 0 Å². The highest BCUT2D eigenvalue weighted by atomic mass is 32.1. The number of carbonyl (C=O) groups is 1. The van der Waals surface area contributed by atoms with Gasteiger partial charge < -0.3 is 4.74 Å². The number of benzene rings is 1. The zero-order valence-electron chi connectivity index (χ0n) is 13.6.